The van der Waals surface area contributed by atoms with Gasteiger partial charge in [0.15, 0.2) is 0 Å². The minimum absolute atomic E-state index is 0.174. The molecule has 2 fully saturated rings. The molecule has 0 aromatic carbocycles. The largest absolute Gasteiger partial charge is 0.481 e. The van der Waals surface area contributed by atoms with Crippen LogP contribution in [0.5, 0.6) is 0 Å². The molecule has 118 valence electrons. The van der Waals surface area contributed by atoms with Crippen LogP contribution in [0.1, 0.15) is 19.3 Å². The number of hydrogen-bond acceptors (Lipinski definition) is 4. The zero-order valence-electron chi connectivity index (χ0n) is 12.2. The lowest BCUT2D eigenvalue weighted by Crippen LogP contribution is -2.49. The maximum atomic E-state index is 12.4. The normalized spacial score (nSPS) is 27.6. The first-order valence-electron chi connectivity index (χ1n) is 7.30. The third-order valence-electron chi connectivity index (χ3n) is 4.45. The molecule has 8 nitrogen and oxygen atoms in total. The van der Waals surface area contributed by atoms with E-state index in [-0.39, 0.29) is 11.8 Å². The molecule has 22 heavy (non-hydrogen) atoms. The lowest BCUT2D eigenvalue weighted by atomic mass is 9.73. The van der Waals surface area contributed by atoms with E-state index in [4.69, 9.17) is 5.11 Å². The van der Waals surface area contributed by atoms with Crippen molar-refractivity contribution in [3.8, 4) is 0 Å². The van der Waals surface area contributed by atoms with Crippen LogP contribution < -0.4 is 10.2 Å². The molecule has 1 aromatic rings. The Bertz CT molecular complexity index is 626. The summed E-state index contributed by atoms with van der Waals surface area (Å²) in [7, 11) is 1.77. The third kappa shape index (κ3) is 2.44. The van der Waals surface area contributed by atoms with Gasteiger partial charge in [-0.1, -0.05) is 0 Å². The average molecular weight is 306 g/mol. The molecule has 1 saturated carbocycles. The number of carbonyl (C=O) groups excluding carboxylic acids is 2. The van der Waals surface area contributed by atoms with Crippen LogP contribution in [0.25, 0.3) is 0 Å². The Balaban J connectivity index is 1.61. The lowest BCUT2D eigenvalue weighted by Gasteiger charge is -2.32. The number of aryl methyl sites for hydroxylation is 1. The second-order valence-corrected chi connectivity index (χ2v) is 5.84. The van der Waals surface area contributed by atoms with Crippen molar-refractivity contribution in [1.82, 2.24) is 15.1 Å². The van der Waals surface area contributed by atoms with Gasteiger partial charge >= 0.3 is 5.97 Å². The molecule has 2 N–H and O–H groups in total. The Morgan fingerprint density at radius 2 is 2.05 bits per heavy atom. The smallest absolute Gasteiger partial charge is 0.307 e. The quantitative estimate of drug-likeness (QED) is 0.798. The van der Waals surface area contributed by atoms with E-state index in [0.29, 0.717) is 31.5 Å². The molecular formula is C14H18N4O4. The number of aromatic nitrogens is 2. The van der Waals surface area contributed by atoms with Crippen molar-refractivity contribution in [1.29, 1.82) is 0 Å². The summed E-state index contributed by atoms with van der Waals surface area (Å²) in [6, 6.07) is -0.581. The predicted octanol–water partition coefficient (Wildman–Crippen LogP) is -0.248. The molecule has 3 unspecified atom stereocenters. The summed E-state index contributed by atoms with van der Waals surface area (Å²) in [5.74, 6) is -2.58. The number of anilines is 1. The summed E-state index contributed by atoms with van der Waals surface area (Å²) < 4.78 is 1.61. The van der Waals surface area contributed by atoms with Gasteiger partial charge in [0.25, 0.3) is 0 Å². The summed E-state index contributed by atoms with van der Waals surface area (Å²) in [6.45, 7) is 0.516. The summed E-state index contributed by atoms with van der Waals surface area (Å²) in [4.78, 5) is 37.0. The second kappa shape index (κ2) is 5.43. The Morgan fingerprint density at radius 1 is 1.32 bits per heavy atom. The van der Waals surface area contributed by atoms with Crippen LogP contribution in [-0.2, 0) is 21.4 Å². The maximum absolute atomic E-state index is 12.4. The Morgan fingerprint density at radius 3 is 2.59 bits per heavy atom. The van der Waals surface area contributed by atoms with Crippen molar-refractivity contribution in [2.75, 3.05) is 11.4 Å². The first-order chi connectivity index (χ1) is 10.5. The topological polar surface area (TPSA) is 105 Å². The molecule has 0 bridgehead atoms. The van der Waals surface area contributed by atoms with Gasteiger partial charge in [-0.25, -0.2) is 0 Å². The molecule has 8 heteroatoms. The fourth-order valence-corrected chi connectivity index (χ4v) is 3.01. The van der Waals surface area contributed by atoms with Gasteiger partial charge in [0.1, 0.15) is 6.04 Å². The average Bonchev–Trinajstić information content (AvgIpc) is 2.95. The van der Waals surface area contributed by atoms with Crippen LogP contribution in [-0.4, -0.2) is 45.3 Å². The maximum Gasteiger partial charge on any atom is 0.307 e. The number of carboxylic acids is 1. The van der Waals surface area contributed by atoms with E-state index in [9.17, 15) is 14.4 Å². The lowest BCUT2D eigenvalue weighted by molar-refractivity contribution is -0.153. The number of rotatable bonds is 4. The van der Waals surface area contributed by atoms with E-state index in [2.05, 4.69) is 10.4 Å². The number of nitrogens with one attached hydrogen (secondary N) is 1. The monoisotopic (exact) mass is 306 g/mol. The molecule has 1 aliphatic heterocycles. The molecule has 3 atom stereocenters. The third-order valence-corrected chi connectivity index (χ3v) is 4.45. The fourth-order valence-electron chi connectivity index (χ4n) is 3.01. The molecule has 2 aliphatic rings. The van der Waals surface area contributed by atoms with Crippen LogP contribution in [0.3, 0.4) is 0 Å². The SMILES string of the molecule is Cn1cc(N2CCC(NC(=O)C3CCC3C(=O)O)C2=O)cn1. The molecule has 2 heterocycles. The molecule has 1 aromatic heterocycles. The van der Waals surface area contributed by atoms with E-state index in [0.717, 1.165) is 0 Å². The molecular weight excluding hydrogens is 288 g/mol. The van der Waals surface area contributed by atoms with Crippen molar-refractivity contribution in [2.45, 2.75) is 25.3 Å². The van der Waals surface area contributed by atoms with Gasteiger partial charge in [0.2, 0.25) is 11.8 Å². The predicted molar refractivity (Wildman–Crippen MR) is 76.0 cm³/mol. The first-order valence-corrected chi connectivity index (χ1v) is 7.30. The molecule has 0 spiro atoms. The highest BCUT2D eigenvalue weighted by Gasteiger charge is 2.43. The van der Waals surface area contributed by atoms with Crippen molar-refractivity contribution < 1.29 is 19.5 Å². The number of nitrogens with zero attached hydrogens (tertiary/aromatic N) is 3. The highest BCUT2D eigenvalue weighted by atomic mass is 16.4. The van der Waals surface area contributed by atoms with Crippen molar-refractivity contribution in [3.63, 3.8) is 0 Å². The van der Waals surface area contributed by atoms with E-state index in [1.807, 2.05) is 0 Å². The number of aliphatic carboxylic acids is 1. The van der Waals surface area contributed by atoms with Crippen LogP contribution in [0.4, 0.5) is 5.69 Å². The minimum Gasteiger partial charge on any atom is -0.481 e. The number of carboxylic acid groups (broad SMARTS) is 1. The second-order valence-electron chi connectivity index (χ2n) is 5.84. The summed E-state index contributed by atoms with van der Waals surface area (Å²) in [5.41, 5.74) is 0.705. The minimum atomic E-state index is -0.943. The van der Waals surface area contributed by atoms with Crippen molar-refractivity contribution in [3.05, 3.63) is 12.4 Å². The van der Waals surface area contributed by atoms with E-state index >= 15 is 0 Å². The number of carbonyl (C=O) groups is 3. The number of hydrogen-bond donors (Lipinski definition) is 2. The molecule has 2 amide bonds. The zero-order valence-corrected chi connectivity index (χ0v) is 12.2. The van der Waals surface area contributed by atoms with Crippen LogP contribution >= 0.6 is 0 Å². The van der Waals surface area contributed by atoms with Gasteiger partial charge < -0.3 is 15.3 Å². The van der Waals surface area contributed by atoms with Gasteiger partial charge in [-0.3, -0.25) is 19.1 Å². The van der Waals surface area contributed by atoms with E-state index in [1.165, 1.54) is 0 Å². The fraction of sp³-hybridized carbons (Fsp3) is 0.571. The Kier molecular flexibility index (Phi) is 3.59. The molecule has 1 aliphatic carbocycles. The van der Waals surface area contributed by atoms with Crippen LogP contribution in [0.15, 0.2) is 12.4 Å². The van der Waals surface area contributed by atoms with E-state index < -0.39 is 23.8 Å². The van der Waals surface area contributed by atoms with Gasteiger partial charge in [-0.05, 0) is 19.3 Å². The van der Waals surface area contributed by atoms with Crippen LogP contribution in [0.2, 0.25) is 0 Å². The van der Waals surface area contributed by atoms with Crippen molar-refractivity contribution >= 4 is 23.5 Å². The molecule has 3 rings (SSSR count). The Hall–Kier alpha value is -2.38. The highest BCUT2D eigenvalue weighted by molar-refractivity contribution is 6.01. The standard InChI is InChI=1S/C14H18N4O4/c1-17-7-8(6-15-17)18-5-4-11(13(18)20)16-12(19)9-2-3-10(9)14(21)22/h6-7,9-11H,2-5H2,1H3,(H,16,19)(H,21,22). The summed E-state index contributed by atoms with van der Waals surface area (Å²) in [5, 5.41) is 15.7. The summed E-state index contributed by atoms with van der Waals surface area (Å²) in [6.07, 6.45) is 4.96. The van der Waals surface area contributed by atoms with Gasteiger partial charge in [-0.2, -0.15) is 5.10 Å². The highest BCUT2D eigenvalue weighted by Crippen LogP contribution is 2.35. The molecule has 1 saturated heterocycles. The zero-order chi connectivity index (χ0) is 15.9. The molecule has 0 radical (unpaired) electrons. The van der Waals surface area contributed by atoms with Gasteiger partial charge in [0.05, 0.1) is 23.7 Å². The van der Waals surface area contributed by atoms with Gasteiger partial charge in [-0.15, -0.1) is 0 Å². The van der Waals surface area contributed by atoms with Crippen LogP contribution in [0, 0.1) is 11.8 Å². The summed E-state index contributed by atoms with van der Waals surface area (Å²) >= 11 is 0. The van der Waals surface area contributed by atoms with Crippen molar-refractivity contribution in [2.24, 2.45) is 18.9 Å². The first kappa shape index (κ1) is 14.6. The Labute approximate surface area is 127 Å². The number of amides is 2. The van der Waals surface area contributed by atoms with Gasteiger partial charge in [0, 0.05) is 19.8 Å². The van der Waals surface area contributed by atoms with E-state index in [1.54, 1.807) is 29.0 Å².